The molecule has 2 aliphatic carbocycles. The summed E-state index contributed by atoms with van der Waals surface area (Å²) < 4.78 is 7.18. The lowest BCUT2D eigenvalue weighted by atomic mass is 9.65. The molecule has 39 heavy (non-hydrogen) atoms. The van der Waals surface area contributed by atoms with Crippen LogP contribution < -0.4 is 0 Å². The van der Waals surface area contributed by atoms with E-state index in [2.05, 4.69) is 62.3 Å². The third-order valence-corrected chi connectivity index (χ3v) is 17.4. The molecule has 2 fully saturated rings. The summed E-state index contributed by atoms with van der Waals surface area (Å²) in [5.41, 5.74) is 0.711. The number of rotatable bonds is 10. The zero-order chi connectivity index (χ0) is 29.7. The van der Waals surface area contributed by atoms with Gasteiger partial charge in [-0.1, -0.05) is 74.5 Å². The normalized spacial score (nSPS) is 31.2. The van der Waals surface area contributed by atoms with Gasteiger partial charge in [0.25, 0.3) is 8.32 Å². The lowest BCUT2D eigenvalue weighted by Gasteiger charge is -2.48. The maximum absolute atomic E-state index is 14.5. The van der Waals surface area contributed by atoms with Crippen LogP contribution in [0.4, 0.5) is 0 Å². The molecule has 0 aromatic carbocycles. The van der Waals surface area contributed by atoms with Crippen molar-refractivity contribution in [2.45, 2.75) is 125 Å². The number of nitrogens with zero attached hydrogens (tertiary/aromatic N) is 1. The van der Waals surface area contributed by atoms with Crippen molar-refractivity contribution in [1.29, 1.82) is 0 Å². The van der Waals surface area contributed by atoms with Gasteiger partial charge in [-0.15, -0.1) is 0 Å². The highest BCUT2D eigenvalue weighted by atomic mass is 28.4. The maximum atomic E-state index is 14.5. The first-order chi connectivity index (χ1) is 18.0. The number of hydrogen-bond acceptors (Lipinski definition) is 5. The van der Waals surface area contributed by atoms with E-state index in [4.69, 9.17) is 4.43 Å². The van der Waals surface area contributed by atoms with Crippen molar-refractivity contribution < 1.29 is 24.2 Å². The first kappa shape index (κ1) is 32.1. The molecule has 0 spiro atoms. The number of imide groups is 1. The fourth-order valence-electron chi connectivity index (χ4n) is 8.35. The molecule has 0 unspecified atom stereocenters. The maximum Gasteiger partial charge on any atom is 0.258 e. The van der Waals surface area contributed by atoms with Crippen molar-refractivity contribution in [1.82, 2.24) is 4.90 Å². The Bertz CT molecular complexity index is 988. The highest BCUT2D eigenvalue weighted by Crippen LogP contribution is 2.62. The van der Waals surface area contributed by atoms with Gasteiger partial charge in [0.15, 0.2) is 0 Å². The van der Waals surface area contributed by atoms with Crippen LogP contribution in [0.3, 0.4) is 0 Å². The van der Waals surface area contributed by atoms with Gasteiger partial charge >= 0.3 is 0 Å². The van der Waals surface area contributed by atoms with Crippen molar-refractivity contribution in [3.05, 3.63) is 23.5 Å². The molecule has 2 N–H and O–H groups in total. The molecule has 1 saturated carbocycles. The summed E-state index contributed by atoms with van der Waals surface area (Å²) >= 11 is 0. The quantitative estimate of drug-likeness (QED) is 0.178. The Balaban J connectivity index is 2.10. The van der Waals surface area contributed by atoms with Crippen molar-refractivity contribution >= 4 is 20.1 Å². The van der Waals surface area contributed by atoms with Crippen LogP contribution in [0.5, 0.6) is 0 Å². The van der Waals surface area contributed by atoms with E-state index in [1.165, 1.54) is 0 Å². The van der Waals surface area contributed by atoms with Crippen molar-refractivity contribution in [2.24, 2.45) is 28.1 Å². The Morgan fingerprint density at radius 2 is 1.56 bits per heavy atom. The van der Waals surface area contributed by atoms with Crippen LogP contribution in [-0.4, -0.2) is 54.5 Å². The van der Waals surface area contributed by atoms with E-state index in [0.29, 0.717) is 29.5 Å². The fourth-order valence-corrected chi connectivity index (χ4v) is 13.7. The lowest BCUT2D eigenvalue weighted by molar-refractivity contribution is -0.157. The van der Waals surface area contributed by atoms with Gasteiger partial charge in [0.05, 0.1) is 29.8 Å². The zero-order valence-corrected chi connectivity index (χ0v) is 27.4. The fraction of sp³-hybridized carbons (Fsp3) is 0.812. The van der Waals surface area contributed by atoms with Gasteiger partial charge in [-0.3, -0.25) is 14.5 Å². The second kappa shape index (κ2) is 11.1. The second-order valence-electron chi connectivity index (χ2n) is 14.5. The minimum Gasteiger partial charge on any atom is -0.546 e. The first-order valence-electron chi connectivity index (χ1n) is 15.1. The summed E-state index contributed by atoms with van der Waals surface area (Å²) in [4.78, 5) is 29.9. The molecular weight excluding hydrogens is 506 g/mol. The van der Waals surface area contributed by atoms with Crippen LogP contribution in [0, 0.1) is 28.1 Å². The van der Waals surface area contributed by atoms with E-state index in [-0.39, 0.29) is 42.4 Å². The average Bonchev–Trinajstić information content (AvgIpc) is 3.17. The summed E-state index contributed by atoms with van der Waals surface area (Å²) in [7, 11) is -2.21. The molecule has 1 saturated heterocycles. The predicted molar refractivity (Wildman–Crippen MR) is 159 cm³/mol. The Labute approximate surface area is 238 Å². The van der Waals surface area contributed by atoms with Gasteiger partial charge in [0.2, 0.25) is 11.8 Å². The molecule has 1 heterocycles. The number of allylic oxidation sites excluding steroid dienone is 3. The van der Waals surface area contributed by atoms with E-state index in [1.54, 1.807) is 4.90 Å². The molecule has 222 valence electrons. The second-order valence-corrected chi connectivity index (χ2v) is 19.9. The summed E-state index contributed by atoms with van der Waals surface area (Å²) in [6.07, 6.45) is 6.75. The monoisotopic (exact) mass is 561 g/mol. The van der Waals surface area contributed by atoms with Crippen LogP contribution in [-0.2, 0) is 14.0 Å². The molecule has 2 bridgehead atoms. The van der Waals surface area contributed by atoms with Gasteiger partial charge in [-0.2, -0.15) is 0 Å². The summed E-state index contributed by atoms with van der Waals surface area (Å²) in [6.45, 7) is 23.7. The van der Waals surface area contributed by atoms with Crippen molar-refractivity contribution in [3.63, 3.8) is 0 Å². The molecule has 0 radical (unpaired) electrons. The van der Waals surface area contributed by atoms with Crippen LogP contribution >= 0.6 is 0 Å². The third kappa shape index (κ3) is 4.78. The Kier molecular flexibility index (Phi) is 9.12. The van der Waals surface area contributed by atoms with Crippen LogP contribution in [0.1, 0.15) is 102 Å². The highest BCUT2D eigenvalue weighted by Gasteiger charge is 2.68. The number of likely N-dealkylation sites (tertiary alicyclic amines) is 1. The van der Waals surface area contributed by atoms with Gasteiger partial charge in [0, 0.05) is 24.3 Å². The lowest BCUT2D eigenvalue weighted by Crippen LogP contribution is -2.54. The van der Waals surface area contributed by atoms with Gasteiger partial charge in [0.1, 0.15) is 0 Å². The van der Waals surface area contributed by atoms with Crippen LogP contribution in [0.2, 0.25) is 16.6 Å². The molecule has 4 atom stereocenters. The Hall–Kier alpha value is -1.44. The summed E-state index contributed by atoms with van der Waals surface area (Å²) in [6, 6.07) is -0.0867. The van der Waals surface area contributed by atoms with Gasteiger partial charge in [-0.05, 0) is 60.7 Å². The number of amides is 2. The Morgan fingerprint density at radius 1 is 1.03 bits per heavy atom. The molecule has 0 aromatic heterocycles. The Morgan fingerprint density at radius 3 is 2.00 bits per heavy atom. The average molecular weight is 562 g/mol. The first-order valence-corrected chi connectivity index (χ1v) is 17.3. The number of aliphatic hydroxyl groups is 2. The molecule has 7 heteroatoms. The minimum atomic E-state index is -2.21. The van der Waals surface area contributed by atoms with E-state index in [9.17, 15) is 19.8 Å². The van der Waals surface area contributed by atoms with Gasteiger partial charge < -0.3 is 14.6 Å². The molecule has 2 amide bonds. The van der Waals surface area contributed by atoms with Gasteiger partial charge in [-0.25, -0.2) is 0 Å². The number of fused-ring (bicyclic) bond motifs is 2. The molecule has 6 nitrogen and oxygen atoms in total. The number of carbonyl (C=O) groups is 2. The number of piperidine rings is 1. The summed E-state index contributed by atoms with van der Waals surface area (Å²) in [5, 5.41) is 19.5. The van der Waals surface area contributed by atoms with Crippen LogP contribution in [0.25, 0.3) is 0 Å². The molecule has 3 rings (SSSR count). The molecule has 1 aliphatic heterocycles. The predicted octanol–water partition coefficient (Wildman–Crippen LogP) is 6.59. The minimum absolute atomic E-state index is 0.0316. The highest BCUT2D eigenvalue weighted by molar-refractivity contribution is 6.77. The number of carbonyl (C=O) groups excluding carboxylic acids is 2. The topological polar surface area (TPSA) is 87.1 Å². The van der Waals surface area contributed by atoms with E-state index < -0.39 is 25.1 Å². The third-order valence-electron chi connectivity index (χ3n) is 11.4. The number of hydrogen-bond donors (Lipinski definition) is 2. The van der Waals surface area contributed by atoms with Crippen molar-refractivity contribution in [3.8, 4) is 0 Å². The molecular formula is C32H55NO5Si. The van der Waals surface area contributed by atoms with Crippen LogP contribution in [0.15, 0.2) is 23.5 Å². The van der Waals surface area contributed by atoms with E-state index in [0.717, 1.165) is 24.2 Å². The van der Waals surface area contributed by atoms with E-state index in [1.807, 2.05) is 26.0 Å². The standard InChI is InChI=1S/C32H55NO5Si/c1-20(2)39(21(3)4,22(5)6)38-26-14-16-31(10,25(23(26)7)13-12-24(18-34)19-35)28(36)33-27-15-17-32(11,29(33)37)30(27,8)9/h12-13,20-22,24-25,27,34-35H,14-19H2,1-11H3/b13-12+/t25-,27-,31+,32-/m1/s1. The SMILES string of the molecule is CC1=C(O[Si](C(C)C)(C(C)C)C(C)C)CC[C@](C)(C(=O)N2C(=O)[C@@]3(C)CC[C@@H]2C3(C)C)[C@@H]1/C=C/C(CO)CO. The summed E-state index contributed by atoms with van der Waals surface area (Å²) in [5.74, 6) is 0.169. The van der Waals surface area contributed by atoms with E-state index >= 15 is 0 Å². The van der Waals surface area contributed by atoms with Crippen molar-refractivity contribution in [2.75, 3.05) is 13.2 Å². The molecule has 3 aliphatic rings. The zero-order valence-electron chi connectivity index (χ0n) is 26.4. The number of aliphatic hydroxyl groups excluding tert-OH is 2. The largest absolute Gasteiger partial charge is 0.546 e. The smallest absolute Gasteiger partial charge is 0.258 e. The molecule has 0 aromatic rings.